The Labute approximate surface area is 196 Å². The monoisotopic (exact) mass is 481 g/mol. The van der Waals surface area contributed by atoms with E-state index in [1.807, 2.05) is 0 Å². The third-order valence-electron chi connectivity index (χ3n) is 5.62. The first-order valence-corrected chi connectivity index (χ1v) is 14.3. The van der Waals surface area contributed by atoms with Crippen LogP contribution in [0.2, 0.25) is 10.5 Å². The molecule has 0 aromatic heterocycles. The number of hydrogen-bond acceptors (Lipinski definition) is 1. The molecule has 1 aliphatic rings. The maximum Gasteiger partial charge on any atom is -0.0149 e. The van der Waals surface area contributed by atoms with Crippen LogP contribution in [0.25, 0.3) is 27.6 Å². The van der Waals surface area contributed by atoms with Crippen molar-refractivity contribution in [3.8, 4) is 0 Å². The Kier molecular flexibility index (Phi) is 8.44. The minimum atomic E-state index is -2.32. The number of allylic oxidation sites excluding steroid dienone is 1. The van der Waals surface area contributed by atoms with E-state index >= 15 is 0 Å². The molecule has 5 heteroatoms. The van der Waals surface area contributed by atoms with Crippen molar-refractivity contribution < 1.29 is 41.7 Å². The first-order valence-electron chi connectivity index (χ1n) is 9.64. The molecule has 156 valence electrons. The minimum absolute atomic E-state index is 0. The summed E-state index contributed by atoms with van der Waals surface area (Å²) in [5, 5.41) is 10.6. The van der Waals surface area contributed by atoms with E-state index in [0.29, 0.717) is 5.92 Å². The van der Waals surface area contributed by atoms with Gasteiger partial charge in [-0.25, -0.2) is 0 Å². The maximum atomic E-state index is 4.02. The van der Waals surface area contributed by atoms with Crippen molar-refractivity contribution in [2.75, 3.05) is 0 Å². The smallest absolute Gasteiger partial charge is 0.0149 e. The largest absolute Gasteiger partial charge is 1.00 e. The van der Waals surface area contributed by atoms with Crippen molar-refractivity contribution in [3.05, 3.63) is 63.5 Å². The average Bonchev–Trinajstić information content (AvgIpc) is 2.92. The van der Waals surface area contributed by atoms with Crippen LogP contribution in [0.5, 0.6) is 0 Å². The fraction of sp³-hybridized carbons (Fsp3) is 0.333. The van der Waals surface area contributed by atoms with E-state index in [0.717, 1.165) is 0 Å². The molecule has 0 saturated heterocycles. The third kappa shape index (κ3) is 4.69. The molecule has 0 radical (unpaired) electrons. The number of halogens is 2. The molecule has 0 saturated carbocycles. The molecule has 4 rings (SSSR count). The summed E-state index contributed by atoms with van der Waals surface area (Å²) in [6, 6.07) is 17.8. The summed E-state index contributed by atoms with van der Waals surface area (Å²) in [5.41, 5.74) is 3.14. The molecule has 3 aromatic carbocycles. The molecule has 1 aliphatic carbocycles. The van der Waals surface area contributed by atoms with Gasteiger partial charge in [0.05, 0.1) is 0 Å². The Morgan fingerprint density at radius 2 is 1.24 bits per heavy atom. The Balaban J connectivity index is 0.00000140. The van der Waals surface area contributed by atoms with Gasteiger partial charge in [0.15, 0.2) is 0 Å². The van der Waals surface area contributed by atoms with E-state index < -0.39 is 16.8 Å². The maximum absolute atomic E-state index is 4.02. The normalized spacial score (nSPS) is 15.2. The van der Waals surface area contributed by atoms with Crippen LogP contribution in [0.15, 0.2) is 52.4 Å². The molecule has 3 aromatic rings. The van der Waals surface area contributed by atoms with Crippen molar-refractivity contribution in [2.45, 2.75) is 49.6 Å². The third-order valence-corrected chi connectivity index (χ3v) is 10.9. The summed E-state index contributed by atoms with van der Waals surface area (Å²) in [5.74, 6) is 0.490. The Morgan fingerprint density at radius 1 is 0.793 bits per heavy atom. The number of rotatable bonds is 2. The van der Waals surface area contributed by atoms with Gasteiger partial charge < -0.3 is 24.8 Å². The first kappa shape index (κ1) is 26.4. The average molecular weight is 482 g/mol. The van der Waals surface area contributed by atoms with Crippen molar-refractivity contribution in [3.63, 3.8) is 0 Å². The Bertz CT molecular complexity index is 1050. The van der Waals surface area contributed by atoms with Crippen LogP contribution in [0.1, 0.15) is 44.7 Å². The topological polar surface area (TPSA) is 12.0 Å². The molecule has 0 heterocycles. The molecule has 0 fully saturated rings. The summed E-state index contributed by atoms with van der Waals surface area (Å²) in [6.45, 7) is 9.28. The Hall–Kier alpha value is -0.609. The van der Waals surface area contributed by atoms with Crippen LogP contribution in [0, 0.1) is 0 Å². The molecule has 29 heavy (non-hydrogen) atoms. The summed E-state index contributed by atoms with van der Waals surface area (Å²) in [7, 11) is 0. The van der Waals surface area contributed by atoms with Gasteiger partial charge in [0.25, 0.3) is 0 Å². The zero-order valence-corrected chi connectivity index (χ0v) is 20.6. The number of nitrogens with one attached hydrogen (secondary N) is 1. The van der Waals surface area contributed by atoms with Crippen molar-refractivity contribution in [2.24, 2.45) is 0 Å². The van der Waals surface area contributed by atoms with Gasteiger partial charge in [-0.2, -0.15) is 0 Å². The Morgan fingerprint density at radius 3 is 1.76 bits per heavy atom. The SMILES string of the molecule is CC1[C]([Ti+2]([CH3])([CH3])[NH]C(C)(C)C)=Cc2c1c1ccccc1c1ccccc21.[Cl-].[Cl-].[SiH4]. The molecule has 1 unspecified atom stereocenters. The molecule has 0 amide bonds. The molecule has 1 N–H and O–H groups in total. The molecule has 0 bridgehead atoms. The molecular formula is C24H33Cl2NSiTi. The van der Waals surface area contributed by atoms with Gasteiger partial charge in [-0.1, -0.05) is 0 Å². The summed E-state index contributed by atoms with van der Waals surface area (Å²) in [4.78, 5) is 0. The predicted octanol–water partition coefficient (Wildman–Crippen LogP) is -0.439. The number of fused-ring (bicyclic) bond motifs is 6. The van der Waals surface area contributed by atoms with Gasteiger partial charge >= 0.3 is 161 Å². The van der Waals surface area contributed by atoms with E-state index in [1.54, 1.807) is 3.88 Å². The van der Waals surface area contributed by atoms with E-state index in [4.69, 9.17) is 0 Å². The van der Waals surface area contributed by atoms with Gasteiger partial charge in [-0.15, -0.1) is 0 Å². The fourth-order valence-electron chi connectivity index (χ4n) is 4.99. The van der Waals surface area contributed by atoms with Crippen LogP contribution in [-0.2, 0) is 16.8 Å². The van der Waals surface area contributed by atoms with Gasteiger partial charge in [-0.3, -0.25) is 0 Å². The van der Waals surface area contributed by atoms with Crippen LogP contribution >= 0.6 is 0 Å². The molecular weight excluding hydrogens is 449 g/mol. The summed E-state index contributed by atoms with van der Waals surface area (Å²) in [6.07, 6.45) is 2.54. The standard InChI is InChI=1S/C18H13.C4H10N.2CH3.2ClH.H4Si.Ti/c1-12-10-11-17-15-8-3-2-6-13(15)14-7-4-5-9-16(14)18(12)17;1-4(2,3)5;;;;;;/h2-9,11-12H,1H3;5H,1-3H3;2*1H3;2*1H;1H4;/q;-1;;;;;;+3/p-2. The van der Waals surface area contributed by atoms with Crippen molar-refractivity contribution in [1.29, 1.82) is 0 Å². The van der Waals surface area contributed by atoms with E-state index in [2.05, 4.69) is 96.6 Å². The quantitative estimate of drug-likeness (QED) is 0.386. The molecule has 1 atom stereocenters. The number of hydrogen-bond donors (Lipinski definition) is 1. The van der Waals surface area contributed by atoms with Crippen LogP contribution < -0.4 is 28.6 Å². The van der Waals surface area contributed by atoms with Crippen LogP contribution in [0.4, 0.5) is 0 Å². The molecule has 0 aliphatic heterocycles. The fourth-order valence-corrected chi connectivity index (χ4v) is 10.8. The predicted molar refractivity (Wildman–Crippen MR) is 124 cm³/mol. The molecule has 0 spiro atoms. The summed E-state index contributed by atoms with van der Waals surface area (Å²) >= 11 is -2.32. The van der Waals surface area contributed by atoms with Crippen molar-refractivity contribution in [1.82, 2.24) is 3.80 Å². The van der Waals surface area contributed by atoms with Gasteiger partial charge in [-0.05, 0) is 11.0 Å². The van der Waals surface area contributed by atoms with Gasteiger partial charge in [0, 0.05) is 0 Å². The van der Waals surface area contributed by atoms with Gasteiger partial charge in [0.2, 0.25) is 0 Å². The zero-order valence-electron chi connectivity index (χ0n) is 17.5. The van der Waals surface area contributed by atoms with Gasteiger partial charge in [0.1, 0.15) is 0 Å². The number of benzene rings is 3. The first-order chi connectivity index (χ1) is 12.2. The van der Waals surface area contributed by atoms with Crippen LogP contribution in [-0.4, -0.2) is 16.5 Å². The summed E-state index contributed by atoms with van der Waals surface area (Å²) < 4.78 is 5.68. The van der Waals surface area contributed by atoms with Crippen LogP contribution in [0.3, 0.4) is 0 Å². The minimum Gasteiger partial charge on any atom is -1.00 e. The van der Waals surface area contributed by atoms with E-state index in [9.17, 15) is 0 Å². The zero-order chi connectivity index (χ0) is 18.7. The second-order valence-electron chi connectivity index (χ2n) is 9.24. The molecule has 1 nitrogen and oxygen atoms in total. The second kappa shape index (κ2) is 9.26. The second-order valence-corrected chi connectivity index (χ2v) is 15.6. The van der Waals surface area contributed by atoms with E-state index in [1.165, 1.54) is 32.7 Å². The van der Waals surface area contributed by atoms with E-state index in [-0.39, 0.29) is 41.3 Å². The van der Waals surface area contributed by atoms with Crippen molar-refractivity contribution >= 4 is 38.6 Å².